The molecule has 0 saturated heterocycles. The summed E-state index contributed by atoms with van der Waals surface area (Å²) in [6.45, 7) is 0.398. The molecule has 0 saturated carbocycles. The number of rotatable bonds is 6. The Morgan fingerprint density at radius 2 is 1.36 bits per heavy atom. The van der Waals surface area contributed by atoms with Crippen molar-refractivity contribution in [3.8, 4) is 0 Å². The molecule has 0 bridgehead atoms. The average Bonchev–Trinajstić information content (AvgIpc) is 1.89. The second-order valence-electron chi connectivity index (χ2n) is 1.29. The summed E-state index contributed by atoms with van der Waals surface area (Å²) >= 11 is 0. The van der Waals surface area contributed by atoms with Crippen LogP contribution in [0.4, 0.5) is 0 Å². The molecule has 0 heterocycles. The smallest absolute Gasteiger partial charge is 0.133 e. The Hall–Kier alpha value is 0.448. The summed E-state index contributed by atoms with van der Waals surface area (Å²) in [5.74, 6) is 0. The molecule has 0 aliphatic heterocycles. The van der Waals surface area contributed by atoms with Crippen LogP contribution in [0.15, 0.2) is 0 Å². The maximum Gasteiger partial charge on any atom is 0.133 e. The third-order valence-electron chi connectivity index (χ3n) is 0.554. The first-order valence-electron chi connectivity index (χ1n) is 2.68. The van der Waals surface area contributed by atoms with E-state index in [9.17, 15) is 0 Å². The molecule has 5 N–H and O–H groups in total. The van der Waals surface area contributed by atoms with E-state index in [1.54, 1.807) is 0 Å². The van der Waals surface area contributed by atoms with E-state index in [-0.39, 0.29) is 53.0 Å². The van der Waals surface area contributed by atoms with Crippen molar-refractivity contribution in [3.63, 3.8) is 0 Å². The van der Waals surface area contributed by atoms with Crippen LogP contribution in [0, 0.1) is 0 Å². The van der Waals surface area contributed by atoms with E-state index in [1.165, 1.54) is 0 Å². The fourth-order valence-electron chi connectivity index (χ4n) is 0.250. The van der Waals surface area contributed by atoms with E-state index in [1.807, 2.05) is 0 Å². The zero-order valence-electron chi connectivity index (χ0n) is 5.88. The molecule has 0 unspecified atom stereocenters. The van der Waals surface area contributed by atoms with E-state index >= 15 is 0 Å². The van der Waals surface area contributed by atoms with Gasteiger partial charge in [0.2, 0.25) is 0 Å². The van der Waals surface area contributed by atoms with Gasteiger partial charge in [0.05, 0.1) is 13.2 Å². The van der Waals surface area contributed by atoms with Gasteiger partial charge in [-0.15, -0.1) is 0 Å². The summed E-state index contributed by atoms with van der Waals surface area (Å²) in [7, 11) is 0. The molecular formula is C4H13NO5Pt. The fourth-order valence-corrected chi connectivity index (χ4v) is 0.250. The van der Waals surface area contributed by atoms with Gasteiger partial charge < -0.3 is 15.7 Å². The fraction of sp³-hybridized carbons (Fsp3) is 1.00. The molecule has 0 aromatic rings. The maximum atomic E-state index is 8.17. The van der Waals surface area contributed by atoms with Crippen LogP contribution in [0.3, 0.4) is 0 Å². The normalized spacial score (nSPS) is 8.18. The molecular weight excluding hydrogens is 337 g/mol. The van der Waals surface area contributed by atoms with E-state index < -0.39 is 0 Å². The molecule has 0 spiro atoms. The molecule has 0 aromatic heterocycles. The number of nitrogens with two attached hydrogens (primary N) is 1. The van der Waals surface area contributed by atoms with Crippen molar-refractivity contribution >= 4 is 0 Å². The van der Waals surface area contributed by atoms with Crippen LogP contribution in [-0.2, 0) is 30.7 Å². The minimum Gasteiger partial charge on any atom is -0.870 e. The van der Waals surface area contributed by atoms with Crippen molar-refractivity contribution in [1.29, 1.82) is 0 Å². The largest absolute Gasteiger partial charge is 0.870 e. The van der Waals surface area contributed by atoms with Crippen LogP contribution in [-0.4, -0.2) is 42.1 Å². The number of hydrogen-bond donors (Lipinski definition) is 3. The maximum absolute atomic E-state index is 8.17. The zero-order valence-corrected chi connectivity index (χ0v) is 8.15. The van der Waals surface area contributed by atoms with Crippen molar-refractivity contribution in [2.24, 2.45) is 0 Å². The number of quaternary nitrogens is 1. The first-order chi connectivity index (χ1) is 4.41. The summed E-state index contributed by atoms with van der Waals surface area (Å²) < 4.78 is 0. The molecule has 0 aliphatic rings. The third kappa shape index (κ3) is 17.9. The van der Waals surface area contributed by atoms with Gasteiger partial charge in [-0.3, -0.25) is 0 Å². The summed E-state index contributed by atoms with van der Waals surface area (Å²) in [5.41, 5.74) is 1.10. The minimum absolute atomic E-state index is 0. The Morgan fingerprint density at radius 1 is 1.00 bits per heavy atom. The molecule has 0 rings (SSSR count). The van der Waals surface area contributed by atoms with E-state index in [2.05, 4.69) is 9.68 Å². The summed E-state index contributed by atoms with van der Waals surface area (Å²) in [6.07, 6.45) is 0. The van der Waals surface area contributed by atoms with Crippen LogP contribution >= 0.6 is 0 Å². The molecule has 0 amide bonds. The van der Waals surface area contributed by atoms with Gasteiger partial charge in [-0.25, -0.2) is 0 Å². The van der Waals surface area contributed by atoms with E-state index in [4.69, 9.17) is 10.2 Å². The summed E-state index contributed by atoms with van der Waals surface area (Å²) in [6, 6.07) is 0. The van der Waals surface area contributed by atoms with Crippen molar-refractivity contribution < 1.29 is 52.1 Å². The molecule has 0 radical (unpaired) electrons. The van der Waals surface area contributed by atoms with Gasteiger partial charge >= 0.3 is 0 Å². The van der Waals surface area contributed by atoms with Crippen LogP contribution in [0.5, 0.6) is 0 Å². The molecule has 0 aromatic carbocycles. The molecule has 7 heteroatoms. The minimum atomic E-state index is -0.0288. The predicted octanol–water partition coefficient (Wildman–Crippen LogP) is -2.78. The summed E-state index contributed by atoms with van der Waals surface area (Å²) in [5, 5.41) is 16.3. The SMILES string of the molecule is OCCO[NH2+]OCCO.[OH-].[Pt]. The van der Waals surface area contributed by atoms with Crippen LogP contribution in [0.1, 0.15) is 0 Å². The Labute approximate surface area is 79.0 Å². The third-order valence-corrected chi connectivity index (χ3v) is 0.554. The topological polar surface area (TPSA) is 106 Å². The van der Waals surface area contributed by atoms with Crippen molar-refractivity contribution in [1.82, 2.24) is 0 Å². The monoisotopic (exact) mass is 350 g/mol. The molecule has 74 valence electrons. The van der Waals surface area contributed by atoms with E-state index in [0.717, 1.165) is 5.64 Å². The first kappa shape index (κ1) is 17.5. The molecule has 6 nitrogen and oxygen atoms in total. The number of hydrogen-bond acceptors (Lipinski definition) is 5. The van der Waals surface area contributed by atoms with Crippen LogP contribution in [0.2, 0.25) is 0 Å². The Morgan fingerprint density at radius 3 is 1.64 bits per heavy atom. The van der Waals surface area contributed by atoms with Gasteiger partial charge in [-0.1, -0.05) is 5.64 Å². The van der Waals surface area contributed by atoms with Crippen LogP contribution < -0.4 is 5.64 Å². The molecule has 0 aliphatic carbocycles. The predicted molar refractivity (Wildman–Crippen MR) is 29.9 cm³/mol. The second-order valence-corrected chi connectivity index (χ2v) is 1.29. The molecule has 11 heavy (non-hydrogen) atoms. The number of aliphatic hydroxyl groups excluding tert-OH is 2. The Kier molecular flexibility index (Phi) is 26.8. The summed E-state index contributed by atoms with van der Waals surface area (Å²) in [4.78, 5) is 9.15. The van der Waals surface area contributed by atoms with Crippen molar-refractivity contribution in [3.05, 3.63) is 0 Å². The van der Waals surface area contributed by atoms with Crippen molar-refractivity contribution in [2.75, 3.05) is 26.4 Å². The zero-order chi connectivity index (χ0) is 6.95. The van der Waals surface area contributed by atoms with Crippen LogP contribution in [0.25, 0.3) is 0 Å². The van der Waals surface area contributed by atoms with E-state index in [0.29, 0.717) is 0 Å². The Balaban J connectivity index is -0.000000320. The van der Waals surface area contributed by atoms with Gasteiger partial charge in [0.15, 0.2) is 0 Å². The van der Waals surface area contributed by atoms with Gasteiger partial charge in [0, 0.05) is 21.1 Å². The quantitative estimate of drug-likeness (QED) is 0.355. The van der Waals surface area contributed by atoms with Crippen molar-refractivity contribution in [2.45, 2.75) is 0 Å². The Bertz CT molecular complexity index is 51.7. The van der Waals surface area contributed by atoms with Gasteiger partial charge in [0.25, 0.3) is 0 Å². The van der Waals surface area contributed by atoms with Gasteiger partial charge in [0.1, 0.15) is 13.2 Å². The standard InChI is InChI=1S/C4H12NO4.H2O.Pt/c6-1-3-8-5-9-4-2-7;;/h6-7H,1-5H2;1H2;/q+1;;/p-1. The number of aliphatic hydroxyl groups is 2. The van der Waals surface area contributed by atoms with Gasteiger partial charge in [-0.05, 0) is 0 Å². The first-order valence-corrected chi connectivity index (χ1v) is 2.68. The molecule has 0 atom stereocenters. The second kappa shape index (κ2) is 16.8. The molecule has 0 fully saturated rings. The van der Waals surface area contributed by atoms with Gasteiger partial charge in [-0.2, -0.15) is 9.68 Å². The average molecular weight is 350 g/mol.